The minimum Gasteiger partial charge on any atom is -0.337 e. The van der Waals surface area contributed by atoms with Gasteiger partial charge in [-0.1, -0.05) is 39.8 Å². The Morgan fingerprint density at radius 3 is 2.21 bits per heavy atom. The summed E-state index contributed by atoms with van der Waals surface area (Å²) in [5, 5.41) is 0. The number of H-pyrrole nitrogens is 1. The fraction of sp³-hybridized carbons (Fsp3) is 0.364. The fourth-order valence-electron chi connectivity index (χ4n) is 0.894. The summed E-state index contributed by atoms with van der Waals surface area (Å²) in [5.41, 5.74) is 1.14. The maximum atomic E-state index is 4.98. The van der Waals surface area contributed by atoms with Crippen LogP contribution in [0.4, 0.5) is 0 Å². The molecule has 0 aliphatic rings. The van der Waals surface area contributed by atoms with Crippen LogP contribution in [0.15, 0.2) is 24.3 Å². The highest BCUT2D eigenvalue weighted by atomic mass is 32.1. The molecule has 14 heavy (non-hydrogen) atoms. The van der Waals surface area contributed by atoms with Crippen molar-refractivity contribution >= 4 is 33.8 Å². The molecular weight excluding hydrogens is 210 g/mol. The van der Waals surface area contributed by atoms with Crippen LogP contribution in [0.25, 0.3) is 10.2 Å². The van der Waals surface area contributed by atoms with Crippen LogP contribution in [-0.2, 0) is 0 Å². The van der Waals surface area contributed by atoms with Gasteiger partial charge in [0.05, 0.1) is 10.2 Å². The minimum atomic E-state index is 0.848. The lowest BCUT2D eigenvalue weighted by Crippen LogP contribution is -1.62. The maximum absolute atomic E-state index is 4.98. The lowest BCUT2D eigenvalue weighted by molar-refractivity contribution is 1.47. The van der Waals surface area contributed by atoms with Gasteiger partial charge in [-0.25, -0.2) is 0 Å². The first-order valence-corrected chi connectivity index (χ1v) is 6.16. The number of aromatic amines is 1. The number of aromatic nitrogens is 1. The molecular formula is C11H17NS2. The van der Waals surface area contributed by atoms with Crippen molar-refractivity contribution in [2.45, 2.75) is 27.7 Å². The SMILES string of the molecule is CC.CC.S=c1[nH]c2ccccc2s1. The number of nitrogens with one attached hydrogen (secondary N) is 1. The van der Waals surface area contributed by atoms with E-state index in [1.165, 1.54) is 4.70 Å². The van der Waals surface area contributed by atoms with E-state index in [9.17, 15) is 0 Å². The van der Waals surface area contributed by atoms with Gasteiger partial charge in [-0.05, 0) is 24.4 Å². The summed E-state index contributed by atoms with van der Waals surface area (Å²) in [4.78, 5) is 3.09. The molecule has 1 aromatic heterocycles. The van der Waals surface area contributed by atoms with E-state index in [2.05, 4.69) is 11.1 Å². The number of para-hydroxylation sites is 1. The van der Waals surface area contributed by atoms with E-state index in [0.29, 0.717) is 0 Å². The Morgan fingerprint density at radius 2 is 1.64 bits per heavy atom. The van der Waals surface area contributed by atoms with Gasteiger partial charge in [-0.15, -0.1) is 11.3 Å². The van der Waals surface area contributed by atoms with E-state index in [0.717, 1.165) is 9.47 Å². The minimum absolute atomic E-state index is 0.848. The maximum Gasteiger partial charge on any atom is 0.159 e. The second-order valence-electron chi connectivity index (χ2n) is 2.01. The predicted molar refractivity (Wildman–Crippen MR) is 69.7 cm³/mol. The summed E-state index contributed by atoms with van der Waals surface area (Å²) in [6.07, 6.45) is 0. The van der Waals surface area contributed by atoms with Gasteiger partial charge in [0.15, 0.2) is 3.95 Å². The van der Waals surface area contributed by atoms with Gasteiger partial charge < -0.3 is 4.98 Å². The summed E-state index contributed by atoms with van der Waals surface area (Å²) < 4.78 is 2.08. The molecule has 0 bridgehead atoms. The molecule has 0 fully saturated rings. The number of benzene rings is 1. The highest BCUT2D eigenvalue weighted by Gasteiger charge is 1.91. The predicted octanol–water partition coefficient (Wildman–Crippen LogP) is 5.01. The summed E-state index contributed by atoms with van der Waals surface area (Å²) in [6.45, 7) is 8.00. The number of hydrogen-bond donors (Lipinski definition) is 1. The topological polar surface area (TPSA) is 15.8 Å². The van der Waals surface area contributed by atoms with Gasteiger partial charge in [0.1, 0.15) is 0 Å². The first-order chi connectivity index (χ1) is 6.86. The van der Waals surface area contributed by atoms with Gasteiger partial charge >= 0.3 is 0 Å². The molecule has 1 aromatic carbocycles. The smallest absolute Gasteiger partial charge is 0.159 e. The van der Waals surface area contributed by atoms with Crippen molar-refractivity contribution in [1.29, 1.82) is 0 Å². The molecule has 0 amide bonds. The van der Waals surface area contributed by atoms with Crippen molar-refractivity contribution in [3.8, 4) is 0 Å². The van der Waals surface area contributed by atoms with E-state index in [-0.39, 0.29) is 0 Å². The number of rotatable bonds is 0. The van der Waals surface area contributed by atoms with Crippen LogP contribution in [0.5, 0.6) is 0 Å². The average Bonchev–Trinajstić information content (AvgIpc) is 2.64. The number of hydrogen-bond acceptors (Lipinski definition) is 2. The third-order valence-electron chi connectivity index (χ3n) is 1.33. The molecule has 0 unspecified atom stereocenters. The van der Waals surface area contributed by atoms with Crippen molar-refractivity contribution in [3.05, 3.63) is 28.2 Å². The van der Waals surface area contributed by atoms with Crippen LogP contribution in [0, 0.1) is 3.95 Å². The Balaban J connectivity index is 0.000000379. The molecule has 78 valence electrons. The van der Waals surface area contributed by atoms with Crippen molar-refractivity contribution < 1.29 is 0 Å². The molecule has 2 aromatic rings. The summed E-state index contributed by atoms with van der Waals surface area (Å²) in [7, 11) is 0. The normalized spacial score (nSPS) is 8.29. The van der Waals surface area contributed by atoms with Crippen LogP contribution >= 0.6 is 23.6 Å². The van der Waals surface area contributed by atoms with Gasteiger partial charge in [0.2, 0.25) is 0 Å². The Hall–Kier alpha value is -0.670. The third kappa shape index (κ3) is 3.60. The average molecular weight is 227 g/mol. The first kappa shape index (κ1) is 13.3. The fourth-order valence-corrected chi connectivity index (χ4v) is 2.01. The molecule has 3 heteroatoms. The molecule has 0 spiro atoms. The zero-order valence-electron chi connectivity index (χ0n) is 9.13. The van der Waals surface area contributed by atoms with Gasteiger partial charge in [0.25, 0.3) is 0 Å². The standard InChI is InChI=1S/C7H5NS2.2C2H6/c9-7-8-5-3-1-2-4-6(5)10-7;2*1-2/h1-4H,(H,8,9);2*1-2H3. The highest BCUT2D eigenvalue weighted by Crippen LogP contribution is 2.17. The van der Waals surface area contributed by atoms with Crippen LogP contribution < -0.4 is 0 Å². The molecule has 0 aliphatic heterocycles. The lowest BCUT2D eigenvalue weighted by Gasteiger charge is -1.81. The van der Waals surface area contributed by atoms with E-state index in [1.807, 2.05) is 45.9 Å². The van der Waals surface area contributed by atoms with E-state index < -0.39 is 0 Å². The molecule has 0 radical (unpaired) electrons. The zero-order valence-corrected chi connectivity index (χ0v) is 10.8. The van der Waals surface area contributed by atoms with Crippen LogP contribution in [0.2, 0.25) is 0 Å². The van der Waals surface area contributed by atoms with E-state index >= 15 is 0 Å². The van der Waals surface area contributed by atoms with Crippen molar-refractivity contribution in [1.82, 2.24) is 4.98 Å². The Morgan fingerprint density at radius 1 is 1.07 bits per heavy atom. The van der Waals surface area contributed by atoms with E-state index in [4.69, 9.17) is 12.2 Å². The second-order valence-corrected chi connectivity index (χ2v) is 3.73. The second kappa shape index (κ2) is 7.71. The Labute approximate surface area is 94.8 Å². The van der Waals surface area contributed by atoms with Crippen molar-refractivity contribution in [2.24, 2.45) is 0 Å². The van der Waals surface area contributed by atoms with Crippen LogP contribution in [0.3, 0.4) is 0 Å². The zero-order chi connectivity index (χ0) is 11.0. The van der Waals surface area contributed by atoms with Crippen LogP contribution in [0.1, 0.15) is 27.7 Å². The molecule has 1 nitrogen and oxygen atoms in total. The summed E-state index contributed by atoms with van der Waals surface area (Å²) >= 11 is 6.59. The van der Waals surface area contributed by atoms with E-state index in [1.54, 1.807) is 11.3 Å². The lowest BCUT2D eigenvalue weighted by atomic mass is 10.3. The van der Waals surface area contributed by atoms with Crippen LogP contribution in [-0.4, -0.2) is 4.98 Å². The molecule has 0 atom stereocenters. The first-order valence-electron chi connectivity index (χ1n) is 4.94. The molecule has 1 heterocycles. The Bertz CT molecular complexity index is 365. The Kier molecular flexibility index (Phi) is 7.34. The van der Waals surface area contributed by atoms with Gasteiger partial charge in [-0.2, -0.15) is 0 Å². The van der Waals surface area contributed by atoms with Crippen molar-refractivity contribution in [2.75, 3.05) is 0 Å². The molecule has 0 aliphatic carbocycles. The largest absolute Gasteiger partial charge is 0.337 e. The molecule has 0 saturated heterocycles. The summed E-state index contributed by atoms with van der Waals surface area (Å²) in [5.74, 6) is 0. The number of fused-ring (bicyclic) bond motifs is 1. The van der Waals surface area contributed by atoms with Gasteiger partial charge in [0, 0.05) is 0 Å². The molecule has 2 rings (SSSR count). The number of thiazole rings is 1. The van der Waals surface area contributed by atoms with Crippen molar-refractivity contribution in [3.63, 3.8) is 0 Å². The van der Waals surface area contributed by atoms with Gasteiger partial charge in [-0.3, -0.25) is 0 Å². The molecule has 1 N–H and O–H groups in total. The quantitative estimate of drug-likeness (QED) is 0.625. The monoisotopic (exact) mass is 227 g/mol. The molecule has 0 saturated carbocycles. The summed E-state index contributed by atoms with van der Waals surface area (Å²) in [6, 6.07) is 8.11. The highest BCUT2D eigenvalue weighted by molar-refractivity contribution is 7.73. The third-order valence-corrected chi connectivity index (χ3v) is 2.54.